The molecule has 4 N–H and O–H groups in total. The second-order valence-electron chi connectivity index (χ2n) is 3.37. The molecule has 1 rings (SSSR count). The van der Waals surface area contributed by atoms with Crippen molar-refractivity contribution in [1.29, 1.82) is 0 Å². The lowest BCUT2D eigenvalue weighted by atomic mass is 10.1. The normalized spacial score (nSPS) is 13.0. The maximum absolute atomic E-state index is 10.9. The maximum Gasteiger partial charge on any atom is 0.238 e. The summed E-state index contributed by atoms with van der Waals surface area (Å²) in [7, 11) is -3.58. The first-order valence-electron chi connectivity index (χ1n) is 4.27. The van der Waals surface area contributed by atoms with E-state index >= 15 is 0 Å². The predicted octanol–water partition coefficient (Wildman–Crippen LogP) is 0.646. The van der Waals surface area contributed by atoms with Gasteiger partial charge in [-0.05, 0) is 31.0 Å². The minimum Gasteiger partial charge on any atom is -0.328 e. The first-order valence-corrected chi connectivity index (χ1v) is 5.81. The van der Waals surface area contributed by atoms with Crippen LogP contribution in [-0.4, -0.2) is 14.5 Å². The molecule has 0 saturated heterocycles. The van der Waals surface area contributed by atoms with Gasteiger partial charge in [0.05, 0.1) is 4.90 Å². The van der Waals surface area contributed by atoms with Crippen LogP contribution in [0, 0.1) is 0 Å². The number of halogens is 1. The van der Waals surface area contributed by atoms with Gasteiger partial charge in [0.1, 0.15) is 0 Å². The van der Waals surface area contributed by atoms with Crippen molar-refractivity contribution in [3.05, 3.63) is 29.8 Å². The summed E-state index contributed by atoms with van der Waals surface area (Å²) in [5, 5.41) is 4.96. The lowest BCUT2D eigenvalue weighted by Gasteiger charge is -2.05. The largest absolute Gasteiger partial charge is 0.328 e. The Kier molecular flexibility index (Phi) is 5.23. The summed E-state index contributed by atoms with van der Waals surface area (Å²) in [4.78, 5) is 0.130. The Balaban J connectivity index is 0.00000196. The molecule has 1 unspecified atom stereocenters. The van der Waals surface area contributed by atoms with Crippen molar-refractivity contribution < 1.29 is 8.42 Å². The van der Waals surface area contributed by atoms with Gasteiger partial charge < -0.3 is 5.73 Å². The first-order chi connectivity index (χ1) is 6.39. The van der Waals surface area contributed by atoms with Crippen LogP contribution in [0.1, 0.15) is 12.5 Å². The number of hydrogen-bond acceptors (Lipinski definition) is 3. The topological polar surface area (TPSA) is 86.2 Å². The number of hydrogen-bond donors (Lipinski definition) is 2. The SMILES string of the molecule is CC(N)Cc1ccc(S(N)(=O)=O)cc1.Cl. The van der Waals surface area contributed by atoms with E-state index in [-0.39, 0.29) is 23.3 Å². The molecule has 6 heteroatoms. The van der Waals surface area contributed by atoms with Gasteiger partial charge in [0, 0.05) is 6.04 Å². The fourth-order valence-electron chi connectivity index (χ4n) is 1.19. The average molecular weight is 251 g/mol. The van der Waals surface area contributed by atoms with Crippen LogP contribution < -0.4 is 10.9 Å². The van der Waals surface area contributed by atoms with E-state index in [1.54, 1.807) is 12.1 Å². The molecule has 0 bridgehead atoms. The highest BCUT2D eigenvalue weighted by Gasteiger charge is 2.06. The van der Waals surface area contributed by atoms with Crippen molar-refractivity contribution in [1.82, 2.24) is 0 Å². The molecule has 0 heterocycles. The fraction of sp³-hybridized carbons (Fsp3) is 0.333. The Labute approximate surface area is 96.1 Å². The van der Waals surface area contributed by atoms with Gasteiger partial charge in [-0.15, -0.1) is 12.4 Å². The Hall–Kier alpha value is -0.620. The smallest absolute Gasteiger partial charge is 0.238 e. The van der Waals surface area contributed by atoms with E-state index in [2.05, 4.69) is 0 Å². The monoisotopic (exact) mass is 250 g/mol. The highest BCUT2D eigenvalue weighted by atomic mass is 35.5. The second-order valence-corrected chi connectivity index (χ2v) is 4.93. The van der Waals surface area contributed by atoms with Crippen LogP contribution in [0.3, 0.4) is 0 Å². The van der Waals surface area contributed by atoms with E-state index in [9.17, 15) is 8.42 Å². The number of benzene rings is 1. The third-order valence-electron chi connectivity index (χ3n) is 1.81. The van der Waals surface area contributed by atoms with Crippen LogP contribution >= 0.6 is 12.4 Å². The number of nitrogens with two attached hydrogens (primary N) is 2. The summed E-state index contributed by atoms with van der Waals surface area (Å²) in [6.07, 6.45) is 0.727. The molecule has 0 aliphatic heterocycles. The molecule has 0 fully saturated rings. The molecule has 0 saturated carbocycles. The van der Waals surface area contributed by atoms with E-state index in [1.807, 2.05) is 6.92 Å². The molecule has 1 atom stereocenters. The Morgan fingerprint density at radius 1 is 1.27 bits per heavy atom. The van der Waals surface area contributed by atoms with E-state index in [1.165, 1.54) is 12.1 Å². The van der Waals surface area contributed by atoms with Crippen LogP contribution in [0.15, 0.2) is 29.2 Å². The molecular formula is C9H15ClN2O2S. The quantitative estimate of drug-likeness (QED) is 0.826. The lowest BCUT2D eigenvalue weighted by molar-refractivity contribution is 0.597. The molecule has 0 aliphatic carbocycles. The van der Waals surface area contributed by atoms with Gasteiger partial charge in [-0.2, -0.15) is 0 Å². The summed E-state index contributed by atoms with van der Waals surface area (Å²) in [5.41, 5.74) is 6.61. The van der Waals surface area contributed by atoms with E-state index < -0.39 is 10.0 Å². The standard InChI is InChI=1S/C9H14N2O2S.ClH/c1-7(10)6-8-2-4-9(5-3-8)14(11,12)13;/h2-5,7H,6,10H2,1H3,(H2,11,12,13);1H. The van der Waals surface area contributed by atoms with Crippen molar-refractivity contribution in [2.45, 2.75) is 24.3 Å². The van der Waals surface area contributed by atoms with E-state index in [0.29, 0.717) is 0 Å². The van der Waals surface area contributed by atoms with E-state index in [0.717, 1.165) is 12.0 Å². The average Bonchev–Trinajstić information content (AvgIpc) is 2.02. The van der Waals surface area contributed by atoms with Gasteiger partial charge in [-0.3, -0.25) is 0 Å². The zero-order valence-corrected chi connectivity index (χ0v) is 10.0. The van der Waals surface area contributed by atoms with Gasteiger partial charge in [0.2, 0.25) is 10.0 Å². The predicted molar refractivity (Wildman–Crippen MR) is 62.4 cm³/mol. The molecular weight excluding hydrogens is 236 g/mol. The van der Waals surface area contributed by atoms with Gasteiger partial charge >= 0.3 is 0 Å². The van der Waals surface area contributed by atoms with Gasteiger partial charge in [0.25, 0.3) is 0 Å². The third kappa shape index (κ3) is 4.61. The first kappa shape index (κ1) is 14.4. The minimum absolute atomic E-state index is 0. The molecule has 86 valence electrons. The second kappa shape index (κ2) is 5.46. The lowest BCUT2D eigenvalue weighted by Crippen LogP contribution is -2.18. The molecule has 0 spiro atoms. The van der Waals surface area contributed by atoms with Crippen LogP contribution in [0.4, 0.5) is 0 Å². The van der Waals surface area contributed by atoms with E-state index in [4.69, 9.17) is 10.9 Å². The van der Waals surface area contributed by atoms with Crippen molar-refractivity contribution >= 4 is 22.4 Å². The Morgan fingerprint density at radius 2 is 1.73 bits per heavy atom. The third-order valence-corrected chi connectivity index (χ3v) is 2.74. The summed E-state index contributed by atoms with van der Waals surface area (Å²) >= 11 is 0. The molecule has 0 aromatic heterocycles. The summed E-state index contributed by atoms with van der Waals surface area (Å²) in [6, 6.07) is 6.50. The minimum atomic E-state index is -3.58. The zero-order chi connectivity index (χ0) is 10.8. The molecule has 1 aromatic carbocycles. The molecule has 15 heavy (non-hydrogen) atoms. The highest BCUT2D eigenvalue weighted by Crippen LogP contribution is 2.09. The van der Waals surface area contributed by atoms with Gasteiger partial charge in [-0.1, -0.05) is 12.1 Å². The molecule has 0 radical (unpaired) electrons. The van der Waals surface area contributed by atoms with Crippen LogP contribution in [0.25, 0.3) is 0 Å². The summed E-state index contributed by atoms with van der Waals surface area (Å²) in [5.74, 6) is 0. The molecule has 4 nitrogen and oxygen atoms in total. The summed E-state index contributed by atoms with van der Waals surface area (Å²) < 4.78 is 21.8. The van der Waals surface area contributed by atoms with Crippen molar-refractivity contribution in [2.75, 3.05) is 0 Å². The zero-order valence-electron chi connectivity index (χ0n) is 8.38. The van der Waals surface area contributed by atoms with Crippen LogP contribution in [0.5, 0.6) is 0 Å². The summed E-state index contributed by atoms with van der Waals surface area (Å²) in [6.45, 7) is 1.90. The molecule has 0 aliphatic rings. The van der Waals surface area contributed by atoms with Crippen LogP contribution in [-0.2, 0) is 16.4 Å². The Morgan fingerprint density at radius 3 is 2.07 bits per heavy atom. The van der Waals surface area contributed by atoms with Crippen molar-refractivity contribution in [3.63, 3.8) is 0 Å². The Bertz CT molecular complexity index is 401. The molecule has 1 aromatic rings. The maximum atomic E-state index is 10.9. The molecule has 0 amide bonds. The fourth-order valence-corrected chi connectivity index (χ4v) is 1.70. The van der Waals surface area contributed by atoms with Crippen molar-refractivity contribution in [2.24, 2.45) is 10.9 Å². The van der Waals surface area contributed by atoms with Crippen LogP contribution in [0.2, 0.25) is 0 Å². The number of primary sulfonamides is 1. The van der Waals surface area contributed by atoms with Gasteiger partial charge in [-0.25, -0.2) is 13.6 Å². The highest BCUT2D eigenvalue weighted by molar-refractivity contribution is 7.89. The number of rotatable bonds is 3. The number of sulfonamides is 1. The van der Waals surface area contributed by atoms with Gasteiger partial charge in [0.15, 0.2) is 0 Å². The van der Waals surface area contributed by atoms with Crippen molar-refractivity contribution in [3.8, 4) is 0 Å².